The Hall–Kier alpha value is -1.17. The van der Waals surface area contributed by atoms with Gasteiger partial charge < -0.3 is 5.32 Å². The minimum absolute atomic E-state index is 0.0360. The molecule has 0 saturated carbocycles. The van der Waals surface area contributed by atoms with Crippen LogP contribution in [0.1, 0.15) is 36.0 Å². The summed E-state index contributed by atoms with van der Waals surface area (Å²) < 4.78 is 1.76. The lowest BCUT2D eigenvalue weighted by molar-refractivity contribution is -0.115. The average molecular weight is 386 g/mol. The number of nitrogens with zero attached hydrogens (tertiary/aromatic N) is 2. The maximum absolute atomic E-state index is 12.5. The van der Waals surface area contributed by atoms with E-state index in [1.807, 2.05) is 40.0 Å². The molecule has 0 saturated heterocycles. The molecule has 2 rings (SSSR count). The topological polar surface area (TPSA) is 46.9 Å². The zero-order valence-corrected chi connectivity index (χ0v) is 16.7. The summed E-state index contributed by atoms with van der Waals surface area (Å²) in [5, 5.41) is 8.27. The number of amides is 1. The van der Waals surface area contributed by atoms with Gasteiger partial charge in [0.1, 0.15) is 0 Å². The van der Waals surface area contributed by atoms with Crippen LogP contribution in [-0.4, -0.2) is 20.9 Å². The number of nitrogens with one attached hydrogen (secondary N) is 1. The van der Waals surface area contributed by atoms with Crippen molar-refractivity contribution < 1.29 is 4.79 Å². The standard InChI is InChI=1S/C17H21Cl2N3OS/c1-9-16(10(2)22(5)21-9)20-17(23)12(4)24-11(3)13-6-7-14(18)15(19)8-13/h6-8,11-12H,1-5H3,(H,20,23)/t11-,12+/m1/s1. The van der Waals surface area contributed by atoms with Crippen LogP contribution in [0.3, 0.4) is 0 Å². The van der Waals surface area contributed by atoms with E-state index in [2.05, 4.69) is 17.3 Å². The SMILES string of the molecule is Cc1nn(C)c(C)c1NC(=O)[C@H](C)S[C@H](C)c1ccc(Cl)c(Cl)c1. The van der Waals surface area contributed by atoms with Gasteiger partial charge in [0.15, 0.2) is 0 Å². The fraction of sp³-hybridized carbons (Fsp3) is 0.412. The summed E-state index contributed by atoms with van der Waals surface area (Å²) in [5.74, 6) is -0.0360. The number of hydrogen-bond donors (Lipinski definition) is 1. The molecule has 1 N–H and O–H groups in total. The minimum Gasteiger partial charge on any atom is -0.322 e. The highest BCUT2D eigenvalue weighted by molar-refractivity contribution is 8.00. The number of anilines is 1. The van der Waals surface area contributed by atoms with E-state index in [9.17, 15) is 4.79 Å². The molecule has 0 bridgehead atoms. The Labute approximate surface area is 156 Å². The molecule has 0 unspecified atom stereocenters. The van der Waals surface area contributed by atoms with Crippen molar-refractivity contribution in [3.63, 3.8) is 0 Å². The molecule has 4 nitrogen and oxygen atoms in total. The molecule has 0 spiro atoms. The molecule has 0 radical (unpaired) electrons. The van der Waals surface area contributed by atoms with Crippen LogP contribution in [0, 0.1) is 13.8 Å². The molecule has 0 fully saturated rings. The lowest BCUT2D eigenvalue weighted by Crippen LogP contribution is -2.23. The van der Waals surface area contributed by atoms with Crippen LogP contribution in [0.2, 0.25) is 10.0 Å². The second-order valence-electron chi connectivity index (χ2n) is 5.75. The van der Waals surface area contributed by atoms with E-state index in [0.29, 0.717) is 10.0 Å². The summed E-state index contributed by atoms with van der Waals surface area (Å²) in [4.78, 5) is 12.5. The normalized spacial score (nSPS) is 13.6. The van der Waals surface area contributed by atoms with Gasteiger partial charge >= 0.3 is 0 Å². The van der Waals surface area contributed by atoms with Crippen LogP contribution >= 0.6 is 35.0 Å². The van der Waals surface area contributed by atoms with Crippen molar-refractivity contribution in [1.82, 2.24) is 9.78 Å². The fourth-order valence-corrected chi connectivity index (χ4v) is 3.80. The highest BCUT2D eigenvalue weighted by Crippen LogP contribution is 2.35. The molecule has 0 aliphatic carbocycles. The first-order chi connectivity index (χ1) is 11.2. The number of halogens is 2. The Morgan fingerprint density at radius 2 is 1.92 bits per heavy atom. The molecule has 1 aromatic carbocycles. The first kappa shape index (κ1) is 19.2. The minimum atomic E-state index is -0.214. The van der Waals surface area contributed by atoms with E-state index >= 15 is 0 Å². The molecule has 0 aliphatic heterocycles. The zero-order valence-electron chi connectivity index (χ0n) is 14.4. The summed E-state index contributed by atoms with van der Waals surface area (Å²) in [6.07, 6.45) is 0. The number of hydrogen-bond acceptors (Lipinski definition) is 3. The Balaban J connectivity index is 2.04. The van der Waals surface area contributed by atoms with Gasteiger partial charge in [0.05, 0.1) is 32.4 Å². The van der Waals surface area contributed by atoms with E-state index in [1.165, 1.54) is 0 Å². The average Bonchev–Trinajstić information content (AvgIpc) is 2.76. The predicted octanol–water partition coefficient (Wildman–Crippen LogP) is 5.17. The van der Waals surface area contributed by atoms with Crippen molar-refractivity contribution in [2.24, 2.45) is 7.05 Å². The molecular formula is C17H21Cl2N3OS. The first-order valence-electron chi connectivity index (χ1n) is 7.62. The van der Waals surface area contributed by atoms with E-state index in [-0.39, 0.29) is 16.4 Å². The maximum atomic E-state index is 12.5. The number of thioether (sulfide) groups is 1. The van der Waals surface area contributed by atoms with Crippen LogP contribution < -0.4 is 5.32 Å². The van der Waals surface area contributed by atoms with Crippen LogP contribution in [0.4, 0.5) is 5.69 Å². The van der Waals surface area contributed by atoms with Crippen molar-refractivity contribution in [3.8, 4) is 0 Å². The number of aromatic nitrogens is 2. The molecule has 1 aromatic heterocycles. The molecule has 0 aliphatic rings. The second-order valence-corrected chi connectivity index (χ2v) is 8.25. The Kier molecular flexibility index (Phi) is 6.23. The Morgan fingerprint density at radius 1 is 1.25 bits per heavy atom. The number of carbonyl (C=O) groups is 1. The number of aryl methyl sites for hydroxylation is 2. The van der Waals surface area contributed by atoms with E-state index < -0.39 is 0 Å². The van der Waals surface area contributed by atoms with Gasteiger partial charge in [-0.1, -0.05) is 29.3 Å². The fourth-order valence-electron chi connectivity index (χ4n) is 2.39. The maximum Gasteiger partial charge on any atom is 0.237 e. The summed E-state index contributed by atoms with van der Waals surface area (Å²) in [5.41, 5.74) is 3.59. The third-order valence-electron chi connectivity index (χ3n) is 3.95. The third-order valence-corrected chi connectivity index (χ3v) is 5.99. The highest BCUT2D eigenvalue weighted by atomic mass is 35.5. The summed E-state index contributed by atoms with van der Waals surface area (Å²) >= 11 is 13.6. The van der Waals surface area contributed by atoms with Crippen molar-refractivity contribution in [3.05, 3.63) is 45.2 Å². The van der Waals surface area contributed by atoms with E-state index in [0.717, 1.165) is 22.6 Å². The van der Waals surface area contributed by atoms with Gasteiger partial charge in [0, 0.05) is 12.3 Å². The summed E-state index contributed by atoms with van der Waals surface area (Å²) in [6, 6.07) is 5.57. The molecule has 2 aromatic rings. The molecular weight excluding hydrogens is 365 g/mol. The lowest BCUT2D eigenvalue weighted by atomic mass is 10.2. The summed E-state index contributed by atoms with van der Waals surface area (Å²) in [6.45, 7) is 7.77. The molecule has 7 heteroatoms. The van der Waals surface area contributed by atoms with Gasteiger partial charge in [0.2, 0.25) is 5.91 Å². The van der Waals surface area contributed by atoms with Gasteiger partial charge in [-0.25, -0.2) is 0 Å². The Morgan fingerprint density at radius 3 is 2.46 bits per heavy atom. The van der Waals surface area contributed by atoms with Crippen LogP contribution in [0.25, 0.3) is 0 Å². The monoisotopic (exact) mass is 385 g/mol. The predicted molar refractivity (Wildman–Crippen MR) is 103 cm³/mol. The third kappa shape index (κ3) is 4.26. The molecule has 2 atom stereocenters. The van der Waals surface area contributed by atoms with Gasteiger partial charge in [-0.2, -0.15) is 5.10 Å². The van der Waals surface area contributed by atoms with Crippen molar-refractivity contribution >= 4 is 46.6 Å². The smallest absolute Gasteiger partial charge is 0.237 e. The van der Waals surface area contributed by atoms with Crippen molar-refractivity contribution in [2.45, 2.75) is 38.2 Å². The van der Waals surface area contributed by atoms with E-state index in [4.69, 9.17) is 23.2 Å². The second kappa shape index (κ2) is 7.81. The van der Waals surface area contributed by atoms with Gasteiger partial charge in [-0.15, -0.1) is 11.8 Å². The highest BCUT2D eigenvalue weighted by Gasteiger charge is 2.21. The van der Waals surface area contributed by atoms with Crippen molar-refractivity contribution in [2.75, 3.05) is 5.32 Å². The Bertz CT molecular complexity index is 761. The molecule has 24 heavy (non-hydrogen) atoms. The van der Waals surface area contributed by atoms with E-state index in [1.54, 1.807) is 22.5 Å². The first-order valence-corrected chi connectivity index (χ1v) is 9.32. The van der Waals surface area contributed by atoms with Crippen LogP contribution in [-0.2, 0) is 11.8 Å². The number of rotatable bonds is 5. The zero-order chi connectivity index (χ0) is 18.0. The largest absolute Gasteiger partial charge is 0.322 e. The van der Waals surface area contributed by atoms with Crippen LogP contribution in [0.5, 0.6) is 0 Å². The molecule has 130 valence electrons. The number of carbonyl (C=O) groups excluding carboxylic acids is 1. The van der Waals surface area contributed by atoms with Crippen LogP contribution in [0.15, 0.2) is 18.2 Å². The molecule has 1 heterocycles. The quantitative estimate of drug-likeness (QED) is 0.772. The van der Waals surface area contributed by atoms with Gasteiger partial charge in [-0.3, -0.25) is 9.48 Å². The number of benzene rings is 1. The molecule has 1 amide bonds. The lowest BCUT2D eigenvalue weighted by Gasteiger charge is -2.18. The van der Waals surface area contributed by atoms with Gasteiger partial charge in [0.25, 0.3) is 0 Å². The van der Waals surface area contributed by atoms with Crippen molar-refractivity contribution in [1.29, 1.82) is 0 Å². The summed E-state index contributed by atoms with van der Waals surface area (Å²) in [7, 11) is 1.86. The van der Waals surface area contributed by atoms with Gasteiger partial charge in [-0.05, 0) is 45.4 Å².